The van der Waals surface area contributed by atoms with Crippen LogP contribution < -0.4 is 5.32 Å². The minimum atomic E-state index is 0.0484. The van der Waals surface area contributed by atoms with Gasteiger partial charge in [-0.3, -0.25) is 4.79 Å². The molecule has 0 spiro atoms. The number of carbonyl (C=O) groups excluding carboxylic acids is 1. The average Bonchev–Trinajstić information content (AvgIpc) is 2.70. The molecule has 16 heavy (non-hydrogen) atoms. The van der Waals surface area contributed by atoms with Gasteiger partial charge in [-0.25, -0.2) is 0 Å². The molecule has 0 aromatic rings. The third-order valence-electron chi connectivity index (χ3n) is 4.80. The molecule has 2 heterocycles. The van der Waals surface area contributed by atoms with E-state index in [4.69, 9.17) is 0 Å². The summed E-state index contributed by atoms with van der Waals surface area (Å²) < 4.78 is 0. The summed E-state index contributed by atoms with van der Waals surface area (Å²) >= 11 is 0. The van der Waals surface area contributed by atoms with Gasteiger partial charge in [0.2, 0.25) is 5.91 Å². The lowest BCUT2D eigenvalue weighted by molar-refractivity contribution is -0.136. The van der Waals surface area contributed by atoms with Crippen LogP contribution >= 0.6 is 0 Å². The Hall–Kier alpha value is -0.610. The zero-order valence-electron chi connectivity index (χ0n) is 9.61. The van der Waals surface area contributed by atoms with Gasteiger partial charge in [0.1, 0.15) is 0 Å². The second kappa shape index (κ2) is 3.70. The highest BCUT2D eigenvalue weighted by Gasteiger charge is 2.51. The zero-order valence-corrected chi connectivity index (χ0v) is 9.61. The number of nitrogens with one attached hydrogen (secondary N) is 1. The number of nitrogens with zero attached hydrogens (tertiary/aromatic N) is 1. The van der Waals surface area contributed by atoms with Gasteiger partial charge >= 0.3 is 0 Å². The summed E-state index contributed by atoms with van der Waals surface area (Å²) in [6.07, 6.45) is 3.51. The van der Waals surface area contributed by atoms with E-state index < -0.39 is 0 Å². The maximum absolute atomic E-state index is 12.1. The normalized spacial score (nSPS) is 38.6. The van der Waals surface area contributed by atoms with Gasteiger partial charge in [0.15, 0.2) is 0 Å². The van der Waals surface area contributed by atoms with E-state index in [1.807, 2.05) is 4.90 Å². The van der Waals surface area contributed by atoms with Gasteiger partial charge in [-0.15, -0.1) is 0 Å². The van der Waals surface area contributed by atoms with E-state index in [9.17, 15) is 9.90 Å². The molecule has 0 bridgehead atoms. The minimum absolute atomic E-state index is 0.0484. The summed E-state index contributed by atoms with van der Waals surface area (Å²) in [4.78, 5) is 14.1. The van der Waals surface area contributed by atoms with Gasteiger partial charge in [-0.2, -0.15) is 0 Å². The molecule has 2 N–H and O–H groups in total. The topological polar surface area (TPSA) is 52.6 Å². The lowest BCUT2D eigenvalue weighted by Crippen LogP contribution is -2.52. The fourth-order valence-corrected chi connectivity index (χ4v) is 3.56. The molecule has 0 aromatic heterocycles. The number of hydrogen-bond acceptors (Lipinski definition) is 3. The molecule has 3 rings (SSSR count). The van der Waals surface area contributed by atoms with Gasteiger partial charge in [0, 0.05) is 31.6 Å². The van der Waals surface area contributed by atoms with Crippen LogP contribution in [0.3, 0.4) is 0 Å². The van der Waals surface area contributed by atoms with Crippen molar-refractivity contribution >= 4 is 5.91 Å². The number of aliphatic hydroxyl groups is 1. The summed E-state index contributed by atoms with van der Waals surface area (Å²) in [6, 6.07) is 0. The van der Waals surface area contributed by atoms with Crippen molar-refractivity contribution < 1.29 is 9.90 Å². The van der Waals surface area contributed by atoms with Crippen molar-refractivity contribution in [2.24, 2.45) is 17.3 Å². The maximum Gasteiger partial charge on any atom is 0.228 e. The number of fused-ring (bicyclic) bond motifs is 1. The predicted octanol–water partition coefficient (Wildman–Crippen LogP) is -0.173. The standard InChI is InChI=1S/C12H20N2O2/c15-8-12-3-1-2-10(12)6-14(7-12)11(16)9-4-13-5-9/h9-10,13,15H,1-8H2/t10-,12-/m0/s1. The Morgan fingerprint density at radius 1 is 1.50 bits per heavy atom. The van der Waals surface area contributed by atoms with Crippen molar-refractivity contribution in [3.05, 3.63) is 0 Å². The van der Waals surface area contributed by atoms with Gasteiger partial charge in [0.25, 0.3) is 0 Å². The Morgan fingerprint density at radius 3 is 2.88 bits per heavy atom. The molecule has 2 atom stereocenters. The van der Waals surface area contributed by atoms with Gasteiger partial charge in [-0.05, 0) is 18.8 Å². The van der Waals surface area contributed by atoms with Gasteiger partial charge in [-0.1, -0.05) is 6.42 Å². The Morgan fingerprint density at radius 2 is 2.31 bits per heavy atom. The molecule has 0 aromatic carbocycles. The molecule has 1 amide bonds. The van der Waals surface area contributed by atoms with Crippen LogP contribution in [-0.4, -0.2) is 48.7 Å². The van der Waals surface area contributed by atoms with E-state index in [2.05, 4.69) is 5.32 Å². The fourth-order valence-electron chi connectivity index (χ4n) is 3.56. The first kappa shape index (κ1) is 10.5. The number of hydrogen-bond donors (Lipinski definition) is 2. The second-order valence-electron chi connectivity index (χ2n) is 5.68. The second-order valence-corrected chi connectivity index (χ2v) is 5.68. The van der Waals surface area contributed by atoms with Gasteiger partial charge < -0.3 is 15.3 Å². The monoisotopic (exact) mass is 224 g/mol. The summed E-state index contributed by atoms with van der Waals surface area (Å²) in [6.45, 7) is 3.61. The number of carbonyl (C=O) groups is 1. The van der Waals surface area contributed by atoms with Crippen LogP contribution in [0, 0.1) is 17.3 Å². The molecule has 4 nitrogen and oxygen atoms in total. The summed E-state index contributed by atoms with van der Waals surface area (Å²) in [5.41, 5.74) is 0.0484. The van der Waals surface area contributed by atoms with E-state index in [-0.39, 0.29) is 17.9 Å². The van der Waals surface area contributed by atoms with Crippen molar-refractivity contribution in [1.29, 1.82) is 0 Å². The Balaban J connectivity index is 1.69. The van der Waals surface area contributed by atoms with Crippen LogP contribution in [-0.2, 0) is 4.79 Å². The van der Waals surface area contributed by atoms with Crippen LogP contribution in [0.25, 0.3) is 0 Å². The molecule has 0 radical (unpaired) electrons. The Kier molecular flexibility index (Phi) is 2.44. The molecule has 3 fully saturated rings. The minimum Gasteiger partial charge on any atom is -0.396 e. The maximum atomic E-state index is 12.1. The third-order valence-corrected chi connectivity index (χ3v) is 4.80. The molecule has 0 unspecified atom stereocenters. The highest BCUT2D eigenvalue weighted by molar-refractivity contribution is 5.80. The number of likely N-dealkylation sites (tertiary alicyclic amines) is 1. The SMILES string of the molecule is O=C(C1CNC1)N1C[C@@H]2CCC[C@@]2(CO)C1. The quantitative estimate of drug-likeness (QED) is 0.684. The first-order valence-electron chi connectivity index (χ1n) is 6.35. The van der Waals surface area contributed by atoms with Crippen LogP contribution in [0.15, 0.2) is 0 Å². The highest BCUT2D eigenvalue weighted by atomic mass is 16.3. The lowest BCUT2D eigenvalue weighted by atomic mass is 9.82. The molecular formula is C12H20N2O2. The van der Waals surface area contributed by atoms with Crippen LogP contribution in [0.5, 0.6) is 0 Å². The number of amides is 1. The molecule has 4 heteroatoms. The molecule has 90 valence electrons. The highest BCUT2D eigenvalue weighted by Crippen LogP contribution is 2.48. The van der Waals surface area contributed by atoms with Crippen molar-refractivity contribution in [1.82, 2.24) is 10.2 Å². The zero-order chi connectivity index (χ0) is 11.2. The van der Waals surface area contributed by atoms with E-state index in [0.717, 1.165) is 32.6 Å². The summed E-state index contributed by atoms with van der Waals surface area (Å²) in [7, 11) is 0. The molecular weight excluding hydrogens is 204 g/mol. The lowest BCUT2D eigenvalue weighted by Gasteiger charge is -2.31. The summed E-state index contributed by atoms with van der Waals surface area (Å²) in [5, 5.41) is 12.7. The first-order chi connectivity index (χ1) is 7.75. The van der Waals surface area contributed by atoms with Gasteiger partial charge in [0.05, 0.1) is 12.5 Å². The molecule has 1 aliphatic carbocycles. The largest absolute Gasteiger partial charge is 0.396 e. The summed E-state index contributed by atoms with van der Waals surface area (Å²) in [5.74, 6) is 1.06. The number of aliphatic hydroxyl groups excluding tert-OH is 1. The van der Waals surface area contributed by atoms with Crippen LogP contribution in [0.2, 0.25) is 0 Å². The molecule has 2 aliphatic heterocycles. The smallest absolute Gasteiger partial charge is 0.228 e. The van der Waals surface area contributed by atoms with Crippen molar-refractivity contribution in [3.8, 4) is 0 Å². The Labute approximate surface area is 96.0 Å². The van der Waals surface area contributed by atoms with Crippen molar-refractivity contribution in [2.45, 2.75) is 19.3 Å². The first-order valence-corrected chi connectivity index (χ1v) is 6.35. The van der Waals surface area contributed by atoms with E-state index in [1.54, 1.807) is 0 Å². The fraction of sp³-hybridized carbons (Fsp3) is 0.917. The van der Waals surface area contributed by atoms with Crippen molar-refractivity contribution in [2.75, 3.05) is 32.8 Å². The van der Waals surface area contributed by atoms with E-state index in [0.29, 0.717) is 11.8 Å². The Bertz CT molecular complexity index is 303. The third kappa shape index (κ3) is 1.39. The molecule has 1 saturated carbocycles. The van der Waals surface area contributed by atoms with Crippen LogP contribution in [0.4, 0.5) is 0 Å². The molecule has 3 aliphatic rings. The van der Waals surface area contributed by atoms with Crippen molar-refractivity contribution in [3.63, 3.8) is 0 Å². The average molecular weight is 224 g/mol. The molecule has 2 saturated heterocycles. The predicted molar refractivity (Wildman–Crippen MR) is 59.8 cm³/mol. The van der Waals surface area contributed by atoms with E-state index >= 15 is 0 Å². The number of rotatable bonds is 2. The van der Waals surface area contributed by atoms with E-state index in [1.165, 1.54) is 12.8 Å². The van der Waals surface area contributed by atoms with Crippen LogP contribution in [0.1, 0.15) is 19.3 Å².